The van der Waals surface area contributed by atoms with Gasteiger partial charge in [-0.15, -0.1) is 0 Å². The van der Waals surface area contributed by atoms with Gasteiger partial charge in [0.15, 0.2) is 5.69 Å². The van der Waals surface area contributed by atoms with Gasteiger partial charge in [0.05, 0.1) is 5.25 Å². The fourth-order valence-electron chi connectivity index (χ4n) is 6.20. The largest absolute Gasteiger partial charge is 0.501 e. The molecule has 3 heterocycles. The first kappa shape index (κ1) is 31.6. The molecule has 2 aliphatic carbocycles. The van der Waals surface area contributed by atoms with Crippen molar-refractivity contribution >= 4 is 27.7 Å². The van der Waals surface area contributed by atoms with E-state index in [1.54, 1.807) is 13.0 Å². The zero-order valence-electron chi connectivity index (χ0n) is 25.1. The van der Waals surface area contributed by atoms with E-state index in [4.69, 9.17) is 0 Å². The van der Waals surface area contributed by atoms with E-state index in [1.807, 2.05) is 0 Å². The van der Waals surface area contributed by atoms with Crippen molar-refractivity contribution in [2.45, 2.75) is 69.3 Å². The van der Waals surface area contributed by atoms with Crippen LogP contribution >= 0.6 is 0 Å². The van der Waals surface area contributed by atoms with Crippen LogP contribution in [0.1, 0.15) is 66.0 Å². The van der Waals surface area contributed by atoms with E-state index in [2.05, 4.69) is 15.0 Å². The van der Waals surface area contributed by atoms with E-state index in [0.29, 0.717) is 36.8 Å². The van der Waals surface area contributed by atoms with Crippen LogP contribution in [0.2, 0.25) is 0 Å². The quantitative estimate of drug-likeness (QED) is 0.358. The molecule has 2 fully saturated rings. The van der Waals surface area contributed by atoms with Gasteiger partial charge in [-0.25, -0.2) is 22.5 Å². The van der Waals surface area contributed by atoms with E-state index in [0.717, 1.165) is 4.90 Å². The van der Waals surface area contributed by atoms with Crippen molar-refractivity contribution in [3.63, 3.8) is 0 Å². The Balaban J connectivity index is 1.55. The van der Waals surface area contributed by atoms with Crippen LogP contribution < -0.4 is 15.6 Å². The Bertz CT molecular complexity index is 1690. The summed E-state index contributed by atoms with van der Waals surface area (Å²) in [7, 11) is 0.790. The Labute approximate surface area is 254 Å². The average molecular weight is 633 g/mol. The van der Waals surface area contributed by atoms with E-state index >= 15 is 0 Å². The fourth-order valence-corrected chi connectivity index (χ4v) is 7.70. The second-order valence-electron chi connectivity index (χ2n) is 12.5. The lowest BCUT2D eigenvalue weighted by Gasteiger charge is -2.46. The zero-order chi connectivity index (χ0) is 32.2. The first-order valence-electron chi connectivity index (χ1n) is 14.5. The molecule has 0 saturated heterocycles. The van der Waals surface area contributed by atoms with Crippen LogP contribution in [0.15, 0.2) is 23.0 Å². The Morgan fingerprint density at radius 3 is 2.36 bits per heavy atom. The van der Waals surface area contributed by atoms with Gasteiger partial charge in [-0.2, -0.15) is 0 Å². The number of aryl methyl sites for hydroxylation is 1. The lowest BCUT2D eigenvalue weighted by Crippen LogP contribution is -2.55. The SMILES string of the molecule is Cc1cc(CNC(=O)c2nc3n(c(=O)c2O)CC2(CNS(=O)(=O)C4CC4)CCC3(N(C)C(=O)C(=O)N(C)C)CC2)ccc1F. The van der Waals surface area contributed by atoms with Crippen LogP contribution in [-0.2, 0) is 38.2 Å². The highest BCUT2D eigenvalue weighted by molar-refractivity contribution is 7.90. The highest BCUT2D eigenvalue weighted by Gasteiger charge is 2.55. The highest BCUT2D eigenvalue weighted by atomic mass is 32.2. The molecule has 0 spiro atoms. The molecule has 0 radical (unpaired) electrons. The molecule has 44 heavy (non-hydrogen) atoms. The molecule has 2 saturated carbocycles. The summed E-state index contributed by atoms with van der Waals surface area (Å²) in [4.78, 5) is 60.0. The smallest absolute Gasteiger partial charge is 0.312 e. The van der Waals surface area contributed by atoms with Gasteiger partial charge in [0.25, 0.3) is 11.5 Å². The molecule has 13 nitrogen and oxygen atoms in total. The van der Waals surface area contributed by atoms with Crippen LogP contribution in [0.4, 0.5) is 4.39 Å². The predicted octanol–water partition coefficient (Wildman–Crippen LogP) is 0.724. The minimum Gasteiger partial charge on any atom is -0.501 e. The number of benzene rings is 1. The molecular formula is C29H37FN6O7S. The van der Waals surface area contributed by atoms with Crippen LogP contribution in [0.25, 0.3) is 0 Å². The molecule has 0 atom stereocenters. The van der Waals surface area contributed by atoms with E-state index < -0.39 is 66.8 Å². The number of carbonyl (C=O) groups excluding carboxylic acids is 3. The summed E-state index contributed by atoms with van der Waals surface area (Å²) < 4.78 is 43.0. The molecule has 2 bridgehead atoms. The molecule has 15 heteroatoms. The van der Waals surface area contributed by atoms with Crippen molar-refractivity contribution < 1.29 is 32.3 Å². The fraction of sp³-hybridized carbons (Fsp3) is 0.552. The first-order chi connectivity index (χ1) is 20.6. The third-order valence-electron chi connectivity index (χ3n) is 9.23. The second-order valence-corrected chi connectivity index (χ2v) is 14.5. The van der Waals surface area contributed by atoms with E-state index in [9.17, 15) is 37.1 Å². The summed E-state index contributed by atoms with van der Waals surface area (Å²) in [6, 6.07) is 4.32. The number of nitrogens with one attached hydrogen (secondary N) is 2. The third kappa shape index (κ3) is 5.58. The molecule has 238 valence electrons. The van der Waals surface area contributed by atoms with Crippen molar-refractivity contribution in [1.82, 2.24) is 29.4 Å². The minimum absolute atomic E-state index is 0.0168. The van der Waals surface area contributed by atoms with Crippen molar-refractivity contribution in [3.05, 3.63) is 57.0 Å². The summed E-state index contributed by atoms with van der Waals surface area (Å²) in [6.45, 7) is 1.57. The summed E-state index contributed by atoms with van der Waals surface area (Å²) in [6.07, 6.45) is 2.39. The second kappa shape index (κ2) is 11.3. The molecule has 4 aliphatic rings. The molecule has 3 N–H and O–H groups in total. The van der Waals surface area contributed by atoms with Gasteiger partial charge in [-0.1, -0.05) is 12.1 Å². The lowest BCUT2D eigenvalue weighted by atomic mass is 9.68. The molecule has 1 aromatic carbocycles. The van der Waals surface area contributed by atoms with Crippen molar-refractivity contribution in [2.75, 3.05) is 27.7 Å². The maximum Gasteiger partial charge on any atom is 0.312 e. The summed E-state index contributed by atoms with van der Waals surface area (Å²) in [5.41, 5.74) is -2.54. The lowest BCUT2D eigenvalue weighted by molar-refractivity contribution is -0.155. The number of nitrogens with zero attached hydrogens (tertiary/aromatic N) is 4. The zero-order valence-corrected chi connectivity index (χ0v) is 26.0. The Kier molecular flexibility index (Phi) is 8.08. The van der Waals surface area contributed by atoms with Crippen molar-refractivity contribution in [1.29, 1.82) is 0 Å². The maximum atomic E-state index is 13.7. The van der Waals surface area contributed by atoms with Crippen molar-refractivity contribution in [3.8, 4) is 5.75 Å². The van der Waals surface area contributed by atoms with Gasteiger partial charge in [0.2, 0.25) is 15.8 Å². The van der Waals surface area contributed by atoms with Crippen LogP contribution in [0.3, 0.4) is 0 Å². The number of halogens is 1. The summed E-state index contributed by atoms with van der Waals surface area (Å²) in [5.74, 6) is -3.75. The highest BCUT2D eigenvalue weighted by Crippen LogP contribution is 2.52. The normalized spacial score (nSPS) is 22.6. The molecule has 3 amide bonds. The minimum atomic E-state index is -3.53. The molecule has 0 unspecified atom stereocenters. The number of sulfonamides is 1. The van der Waals surface area contributed by atoms with Gasteiger partial charge in [-0.3, -0.25) is 23.7 Å². The number of carbonyl (C=O) groups is 3. The van der Waals surface area contributed by atoms with E-state index in [-0.39, 0.29) is 38.3 Å². The maximum absolute atomic E-state index is 13.7. The third-order valence-corrected chi connectivity index (χ3v) is 11.1. The van der Waals surface area contributed by atoms with Crippen molar-refractivity contribution in [2.24, 2.45) is 5.41 Å². The summed E-state index contributed by atoms with van der Waals surface area (Å²) >= 11 is 0. The van der Waals surface area contributed by atoms with Gasteiger partial charge < -0.3 is 20.2 Å². The Morgan fingerprint density at radius 1 is 1.11 bits per heavy atom. The number of aromatic nitrogens is 2. The molecule has 2 aliphatic heterocycles. The molecule has 2 aromatic rings. The Hall–Kier alpha value is -3.85. The molecular weight excluding hydrogens is 595 g/mol. The molecule has 1 aromatic heterocycles. The number of fused-ring (bicyclic) bond motifs is 2. The number of amides is 3. The van der Waals surface area contributed by atoms with Crippen LogP contribution in [0.5, 0.6) is 5.75 Å². The topological polar surface area (TPSA) is 171 Å². The summed E-state index contributed by atoms with van der Waals surface area (Å²) in [5, 5.41) is 13.1. The average Bonchev–Trinajstić information content (AvgIpc) is 3.86. The monoisotopic (exact) mass is 632 g/mol. The van der Waals surface area contributed by atoms with Gasteiger partial charge >= 0.3 is 11.8 Å². The number of hydrogen-bond donors (Lipinski definition) is 3. The number of aromatic hydroxyl groups is 1. The number of rotatable bonds is 8. The van der Waals surface area contributed by atoms with E-state index in [1.165, 1.54) is 42.7 Å². The van der Waals surface area contributed by atoms with Gasteiger partial charge in [0, 0.05) is 46.2 Å². The number of hydrogen-bond acceptors (Lipinski definition) is 8. The molecule has 6 rings (SSSR count). The van der Waals surface area contributed by atoms with Gasteiger partial charge in [-0.05, 0) is 62.6 Å². The standard InChI is InChI=1S/C29H37FN6O7S/c1-17-13-18(5-8-20(17)30)14-31-23(38)21-22(37)24(39)36-16-28(15-32-44(42,43)19-6-7-19)9-11-29(12-10-28,27(36)33-21)35(4)26(41)25(40)34(2)3/h5,8,13,19,32,37H,6-7,9-12,14-16H2,1-4H3,(H,31,38). The van der Waals surface area contributed by atoms with Crippen LogP contribution in [0, 0.1) is 18.2 Å². The Morgan fingerprint density at radius 2 is 1.77 bits per heavy atom. The first-order valence-corrected chi connectivity index (χ1v) is 16.0. The van der Waals surface area contributed by atoms with Gasteiger partial charge in [0.1, 0.15) is 17.2 Å². The number of likely N-dealkylation sites (N-methyl/N-ethyl adjacent to an activating group) is 2. The predicted molar refractivity (Wildman–Crippen MR) is 156 cm³/mol. The van der Waals surface area contributed by atoms with Crippen LogP contribution in [-0.4, -0.2) is 83.5 Å².